The average Bonchev–Trinajstić information content (AvgIpc) is 3.66. The molecule has 0 aliphatic carbocycles. The van der Waals surface area contributed by atoms with E-state index >= 15 is 0 Å². The van der Waals surface area contributed by atoms with Crippen LogP contribution in [-0.2, 0) is 7.05 Å². The van der Waals surface area contributed by atoms with Crippen molar-refractivity contribution in [1.82, 2.24) is 34.5 Å². The van der Waals surface area contributed by atoms with Crippen LogP contribution in [0.5, 0.6) is 0 Å². The topological polar surface area (TPSA) is 82.3 Å². The smallest absolute Gasteiger partial charge is 0.164 e. The largest absolute Gasteiger partial charge is 0.343 e. The molecule has 11 rings (SSSR count). The van der Waals surface area contributed by atoms with Crippen LogP contribution in [0.25, 0.3) is 112 Å². The summed E-state index contributed by atoms with van der Waals surface area (Å²) in [6.45, 7) is 0. The number of hydrogen-bond donors (Lipinski definition) is 0. The van der Waals surface area contributed by atoms with E-state index in [0.29, 0.717) is 34.9 Å². The van der Waals surface area contributed by atoms with Crippen molar-refractivity contribution >= 4 is 21.8 Å². The van der Waals surface area contributed by atoms with Gasteiger partial charge in [0.2, 0.25) is 0 Å². The fourth-order valence-electron chi connectivity index (χ4n) is 8.47. The van der Waals surface area contributed by atoms with Crippen molar-refractivity contribution in [2.24, 2.45) is 7.05 Å². The summed E-state index contributed by atoms with van der Waals surface area (Å²) in [5.74, 6) is 3.72. The molecule has 7 heteroatoms. The molecular formula is C55H37N7. The molecule has 0 aliphatic heterocycles. The van der Waals surface area contributed by atoms with Crippen molar-refractivity contribution in [3.8, 4) is 90.6 Å². The average molecular weight is 796 g/mol. The minimum Gasteiger partial charge on any atom is -0.343 e. The number of aryl methyl sites for hydroxylation is 1. The predicted octanol–water partition coefficient (Wildman–Crippen LogP) is 13.0. The monoisotopic (exact) mass is 795 g/mol. The van der Waals surface area contributed by atoms with Crippen LogP contribution in [0.3, 0.4) is 0 Å². The SMILES string of the molecule is Cn1c2c(-c3ccccc3-c3nc(-c4ccccc4)nc(-c4ccccc4)n3)cccc2c2cccc(-c3ccccc3-c3nc(-c4ccccc4)nc(-c4ccccc4)n3)c21. The molecule has 62 heavy (non-hydrogen) atoms. The third kappa shape index (κ3) is 6.58. The first-order chi connectivity index (χ1) is 30.7. The van der Waals surface area contributed by atoms with Crippen LogP contribution in [0.1, 0.15) is 0 Å². The Hall–Kier alpha value is -8.42. The Morgan fingerprint density at radius 1 is 0.242 bits per heavy atom. The molecule has 0 saturated carbocycles. The molecular weight excluding hydrogens is 759 g/mol. The maximum absolute atomic E-state index is 5.13. The van der Waals surface area contributed by atoms with E-state index in [9.17, 15) is 0 Å². The van der Waals surface area contributed by atoms with E-state index in [0.717, 1.165) is 77.4 Å². The van der Waals surface area contributed by atoms with Crippen molar-refractivity contribution in [3.05, 3.63) is 206 Å². The number of rotatable bonds is 8. The molecule has 3 heterocycles. The molecule has 0 atom stereocenters. The fourth-order valence-corrected chi connectivity index (χ4v) is 8.47. The standard InChI is InChI=1S/C55H37N7/c1-62-48-42(40-28-14-16-30-46(40)54-58-50(36-20-6-2-7-21-36)56-51(59-54)37-22-8-3-9-23-37)32-18-34-44(48)45-35-19-33-43(49(45)62)41-29-15-17-31-47(41)55-60-52(38-24-10-4-11-25-38)57-53(61-55)39-26-12-5-13-27-39/h2-35H,1H3. The summed E-state index contributed by atoms with van der Waals surface area (Å²) >= 11 is 0. The molecule has 0 unspecified atom stereocenters. The lowest BCUT2D eigenvalue weighted by molar-refractivity contribution is 1.02. The molecule has 0 amide bonds. The summed E-state index contributed by atoms with van der Waals surface area (Å²) in [7, 11) is 2.16. The van der Waals surface area contributed by atoms with E-state index < -0.39 is 0 Å². The van der Waals surface area contributed by atoms with Gasteiger partial charge in [0.15, 0.2) is 34.9 Å². The molecule has 292 valence electrons. The Morgan fingerprint density at radius 2 is 0.500 bits per heavy atom. The summed E-state index contributed by atoms with van der Waals surface area (Å²) in [5, 5.41) is 2.30. The van der Waals surface area contributed by atoms with Gasteiger partial charge in [-0.25, -0.2) is 29.9 Å². The van der Waals surface area contributed by atoms with E-state index in [2.05, 4.69) is 96.5 Å². The molecule has 11 aromatic rings. The first-order valence-electron chi connectivity index (χ1n) is 20.6. The van der Waals surface area contributed by atoms with Gasteiger partial charge in [-0.2, -0.15) is 0 Å². The van der Waals surface area contributed by atoms with E-state index in [4.69, 9.17) is 29.9 Å². The Balaban J connectivity index is 1.10. The van der Waals surface area contributed by atoms with Crippen LogP contribution in [0.15, 0.2) is 206 Å². The Kier molecular flexibility index (Phi) is 9.24. The van der Waals surface area contributed by atoms with Crippen LogP contribution in [0.4, 0.5) is 0 Å². The number of fused-ring (bicyclic) bond motifs is 3. The lowest BCUT2D eigenvalue weighted by atomic mass is 9.95. The lowest BCUT2D eigenvalue weighted by Gasteiger charge is -2.14. The quantitative estimate of drug-likeness (QED) is 0.152. The molecule has 0 bridgehead atoms. The second kappa shape index (κ2) is 15.6. The van der Waals surface area contributed by atoms with Gasteiger partial charge in [-0.1, -0.05) is 206 Å². The van der Waals surface area contributed by atoms with Gasteiger partial charge >= 0.3 is 0 Å². The first kappa shape index (κ1) is 36.6. The molecule has 0 fully saturated rings. The Morgan fingerprint density at radius 3 is 0.823 bits per heavy atom. The molecule has 7 nitrogen and oxygen atoms in total. The number of nitrogens with zero attached hydrogens (tertiary/aromatic N) is 7. The zero-order valence-electron chi connectivity index (χ0n) is 33.8. The van der Waals surface area contributed by atoms with Crippen molar-refractivity contribution in [2.75, 3.05) is 0 Å². The van der Waals surface area contributed by atoms with Gasteiger partial charge in [-0.15, -0.1) is 0 Å². The van der Waals surface area contributed by atoms with E-state index in [1.165, 1.54) is 0 Å². The van der Waals surface area contributed by atoms with Gasteiger partial charge in [-0.3, -0.25) is 0 Å². The van der Waals surface area contributed by atoms with Crippen molar-refractivity contribution in [2.45, 2.75) is 0 Å². The molecule has 0 radical (unpaired) electrons. The fraction of sp³-hybridized carbons (Fsp3) is 0.0182. The summed E-state index contributed by atoms with van der Waals surface area (Å²) in [4.78, 5) is 30.4. The summed E-state index contributed by atoms with van der Waals surface area (Å²) in [6, 6.07) is 70.4. The predicted molar refractivity (Wildman–Crippen MR) is 251 cm³/mol. The minimum atomic E-state index is 0.612. The molecule has 8 aromatic carbocycles. The number of aromatic nitrogens is 7. The Bertz CT molecular complexity index is 3060. The number of benzene rings is 8. The highest BCUT2D eigenvalue weighted by Crippen LogP contribution is 2.43. The van der Waals surface area contributed by atoms with Gasteiger partial charge < -0.3 is 4.57 Å². The van der Waals surface area contributed by atoms with E-state index in [-0.39, 0.29) is 0 Å². The molecule has 0 saturated heterocycles. The summed E-state index contributed by atoms with van der Waals surface area (Å²) in [5.41, 5.74) is 12.0. The van der Waals surface area contributed by atoms with Gasteiger partial charge in [0.05, 0.1) is 11.0 Å². The maximum Gasteiger partial charge on any atom is 0.164 e. The van der Waals surface area contributed by atoms with Gasteiger partial charge in [0.1, 0.15) is 0 Å². The molecule has 0 spiro atoms. The Labute approximate surface area is 358 Å². The van der Waals surface area contributed by atoms with Gasteiger partial charge in [-0.05, 0) is 11.1 Å². The maximum atomic E-state index is 5.13. The number of para-hydroxylation sites is 2. The van der Waals surface area contributed by atoms with Crippen LogP contribution in [0.2, 0.25) is 0 Å². The van der Waals surface area contributed by atoms with E-state index in [1.54, 1.807) is 0 Å². The summed E-state index contributed by atoms with van der Waals surface area (Å²) < 4.78 is 2.33. The first-order valence-corrected chi connectivity index (χ1v) is 20.6. The van der Waals surface area contributed by atoms with Gasteiger partial charge in [0.25, 0.3) is 0 Å². The van der Waals surface area contributed by atoms with Crippen molar-refractivity contribution in [1.29, 1.82) is 0 Å². The highest BCUT2D eigenvalue weighted by Gasteiger charge is 2.22. The molecule has 0 aliphatic rings. The summed E-state index contributed by atoms with van der Waals surface area (Å²) in [6.07, 6.45) is 0. The lowest BCUT2D eigenvalue weighted by Crippen LogP contribution is -2.01. The number of hydrogen-bond acceptors (Lipinski definition) is 6. The highest BCUT2D eigenvalue weighted by molar-refractivity contribution is 6.17. The highest BCUT2D eigenvalue weighted by atomic mass is 15.0. The van der Waals surface area contributed by atoms with Crippen molar-refractivity contribution < 1.29 is 0 Å². The van der Waals surface area contributed by atoms with Crippen molar-refractivity contribution in [3.63, 3.8) is 0 Å². The third-order valence-corrected chi connectivity index (χ3v) is 11.3. The van der Waals surface area contributed by atoms with Crippen LogP contribution < -0.4 is 0 Å². The zero-order chi connectivity index (χ0) is 41.4. The zero-order valence-corrected chi connectivity index (χ0v) is 33.8. The van der Waals surface area contributed by atoms with Gasteiger partial charge in [0, 0.05) is 62.3 Å². The van der Waals surface area contributed by atoms with Crippen LogP contribution >= 0.6 is 0 Å². The second-order valence-corrected chi connectivity index (χ2v) is 15.1. The second-order valence-electron chi connectivity index (χ2n) is 15.1. The molecule has 0 N–H and O–H groups in total. The minimum absolute atomic E-state index is 0.612. The third-order valence-electron chi connectivity index (χ3n) is 11.3. The van der Waals surface area contributed by atoms with E-state index in [1.807, 2.05) is 121 Å². The molecule has 3 aromatic heterocycles. The van der Waals surface area contributed by atoms with Crippen LogP contribution in [-0.4, -0.2) is 34.5 Å². The van der Waals surface area contributed by atoms with Crippen LogP contribution in [0, 0.1) is 0 Å². The normalized spacial score (nSPS) is 11.3.